The SMILES string of the molecule is Cc1nc2ccccc2nc1SCc1cc2c(cc1Cl)OCO2. The molecule has 116 valence electrons. The topological polar surface area (TPSA) is 44.2 Å². The normalized spacial score (nSPS) is 12.8. The maximum absolute atomic E-state index is 6.32. The maximum Gasteiger partial charge on any atom is 0.231 e. The molecule has 4 rings (SSSR count). The summed E-state index contributed by atoms with van der Waals surface area (Å²) < 4.78 is 10.7. The molecule has 2 heterocycles. The van der Waals surface area contributed by atoms with E-state index in [-0.39, 0.29) is 6.79 Å². The predicted octanol–water partition coefficient (Wildman–Crippen LogP) is 4.61. The number of thioether (sulfide) groups is 1. The summed E-state index contributed by atoms with van der Waals surface area (Å²) in [6.45, 7) is 2.22. The van der Waals surface area contributed by atoms with E-state index in [4.69, 9.17) is 26.1 Å². The Labute approximate surface area is 142 Å². The van der Waals surface area contributed by atoms with Gasteiger partial charge in [-0.1, -0.05) is 35.5 Å². The monoisotopic (exact) mass is 344 g/mol. The van der Waals surface area contributed by atoms with E-state index in [1.165, 1.54) is 0 Å². The molecule has 0 spiro atoms. The van der Waals surface area contributed by atoms with E-state index in [1.54, 1.807) is 17.8 Å². The fourth-order valence-corrected chi connectivity index (χ4v) is 3.67. The lowest BCUT2D eigenvalue weighted by atomic mass is 10.2. The van der Waals surface area contributed by atoms with Gasteiger partial charge < -0.3 is 9.47 Å². The van der Waals surface area contributed by atoms with Gasteiger partial charge in [-0.25, -0.2) is 9.97 Å². The number of fused-ring (bicyclic) bond motifs is 2. The average Bonchev–Trinajstić information content (AvgIpc) is 2.99. The van der Waals surface area contributed by atoms with Crippen LogP contribution in [-0.2, 0) is 5.75 Å². The molecule has 0 N–H and O–H groups in total. The number of halogens is 1. The molecule has 0 radical (unpaired) electrons. The molecule has 0 unspecified atom stereocenters. The van der Waals surface area contributed by atoms with E-state index in [0.29, 0.717) is 16.5 Å². The zero-order chi connectivity index (χ0) is 15.8. The highest BCUT2D eigenvalue weighted by molar-refractivity contribution is 7.98. The third kappa shape index (κ3) is 2.82. The Hall–Kier alpha value is -1.98. The van der Waals surface area contributed by atoms with Crippen LogP contribution in [0, 0.1) is 6.92 Å². The van der Waals surface area contributed by atoms with E-state index >= 15 is 0 Å². The number of benzene rings is 2. The van der Waals surface area contributed by atoms with Crippen molar-refractivity contribution in [3.05, 3.63) is 52.7 Å². The molecule has 0 atom stereocenters. The molecule has 2 aromatic carbocycles. The predicted molar refractivity (Wildman–Crippen MR) is 91.4 cm³/mol. The van der Waals surface area contributed by atoms with Crippen molar-refractivity contribution >= 4 is 34.4 Å². The number of aromatic nitrogens is 2. The van der Waals surface area contributed by atoms with Crippen molar-refractivity contribution in [1.82, 2.24) is 9.97 Å². The standard InChI is InChI=1S/C17H13ClN2O2S/c1-10-17(20-14-5-3-2-4-13(14)19-10)23-8-11-6-15-16(7-12(11)18)22-9-21-15/h2-7H,8-9H2,1H3. The van der Waals surface area contributed by atoms with Crippen LogP contribution in [0.1, 0.15) is 11.3 Å². The van der Waals surface area contributed by atoms with E-state index in [0.717, 1.165) is 33.1 Å². The first-order valence-electron chi connectivity index (χ1n) is 7.15. The minimum atomic E-state index is 0.248. The van der Waals surface area contributed by atoms with E-state index in [2.05, 4.69) is 4.98 Å². The van der Waals surface area contributed by atoms with Crippen LogP contribution in [-0.4, -0.2) is 16.8 Å². The third-order valence-electron chi connectivity index (χ3n) is 3.61. The largest absolute Gasteiger partial charge is 0.454 e. The zero-order valence-corrected chi connectivity index (χ0v) is 13.9. The van der Waals surface area contributed by atoms with Crippen molar-refractivity contribution in [2.24, 2.45) is 0 Å². The van der Waals surface area contributed by atoms with E-state index in [9.17, 15) is 0 Å². The first kappa shape index (κ1) is 14.6. The highest BCUT2D eigenvalue weighted by atomic mass is 35.5. The third-order valence-corrected chi connectivity index (χ3v) is 5.07. The van der Waals surface area contributed by atoms with Crippen molar-refractivity contribution in [3.8, 4) is 11.5 Å². The lowest BCUT2D eigenvalue weighted by Crippen LogP contribution is -1.94. The van der Waals surface area contributed by atoms with E-state index in [1.807, 2.05) is 37.3 Å². The molecule has 1 aliphatic rings. The van der Waals surface area contributed by atoms with Crippen LogP contribution in [0.5, 0.6) is 11.5 Å². The molecule has 6 heteroatoms. The average molecular weight is 345 g/mol. The molecule has 0 fully saturated rings. The highest BCUT2D eigenvalue weighted by Gasteiger charge is 2.17. The van der Waals surface area contributed by atoms with Crippen molar-refractivity contribution in [3.63, 3.8) is 0 Å². The first-order chi connectivity index (χ1) is 11.2. The fraction of sp³-hybridized carbons (Fsp3) is 0.176. The fourth-order valence-electron chi connectivity index (χ4n) is 2.42. The number of rotatable bonds is 3. The van der Waals surface area contributed by atoms with Crippen LogP contribution >= 0.6 is 23.4 Å². The second-order valence-corrected chi connectivity index (χ2v) is 6.56. The van der Waals surface area contributed by atoms with Crippen LogP contribution in [0.15, 0.2) is 41.4 Å². The van der Waals surface area contributed by atoms with Gasteiger partial charge in [-0.15, -0.1) is 0 Å². The van der Waals surface area contributed by atoms with Crippen molar-refractivity contribution in [2.45, 2.75) is 17.7 Å². The van der Waals surface area contributed by atoms with Crippen molar-refractivity contribution in [1.29, 1.82) is 0 Å². The highest BCUT2D eigenvalue weighted by Crippen LogP contribution is 2.38. The molecule has 0 aliphatic carbocycles. The molecule has 0 saturated carbocycles. The van der Waals surface area contributed by atoms with Crippen LogP contribution in [0.25, 0.3) is 11.0 Å². The van der Waals surface area contributed by atoms with Crippen LogP contribution in [0.3, 0.4) is 0 Å². The minimum absolute atomic E-state index is 0.248. The number of aryl methyl sites for hydroxylation is 1. The summed E-state index contributed by atoms with van der Waals surface area (Å²) in [6, 6.07) is 11.6. The van der Waals surface area contributed by atoms with Gasteiger partial charge >= 0.3 is 0 Å². The summed E-state index contributed by atoms with van der Waals surface area (Å²) >= 11 is 7.94. The molecule has 4 nitrogen and oxygen atoms in total. The van der Waals surface area contributed by atoms with Crippen molar-refractivity contribution in [2.75, 3.05) is 6.79 Å². The molecule has 0 amide bonds. The number of hydrogen-bond acceptors (Lipinski definition) is 5. The summed E-state index contributed by atoms with van der Waals surface area (Å²) in [6.07, 6.45) is 0. The van der Waals surface area contributed by atoms with Crippen LogP contribution in [0.4, 0.5) is 0 Å². The number of para-hydroxylation sites is 2. The second-order valence-electron chi connectivity index (χ2n) is 5.19. The van der Waals surface area contributed by atoms with Crippen LogP contribution < -0.4 is 9.47 Å². The van der Waals surface area contributed by atoms with Gasteiger partial charge in [-0.3, -0.25) is 0 Å². The molecule has 1 aromatic heterocycles. The van der Waals surface area contributed by atoms with Crippen molar-refractivity contribution < 1.29 is 9.47 Å². The number of nitrogens with zero attached hydrogens (tertiary/aromatic N) is 2. The zero-order valence-electron chi connectivity index (χ0n) is 12.4. The molecule has 1 aliphatic heterocycles. The quantitative estimate of drug-likeness (QED) is 0.649. The smallest absolute Gasteiger partial charge is 0.231 e. The Morgan fingerprint density at radius 1 is 1.09 bits per heavy atom. The second kappa shape index (κ2) is 5.91. The number of hydrogen-bond donors (Lipinski definition) is 0. The van der Waals surface area contributed by atoms with Crippen LogP contribution in [0.2, 0.25) is 5.02 Å². The number of ether oxygens (including phenoxy) is 2. The maximum atomic E-state index is 6.32. The summed E-state index contributed by atoms with van der Waals surface area (Å²) in [5.74, 6) is 2.14. The van der Waals surface area contributed by atoms with Gasteiger partial charge in [0.1, 0.15) is 5.03 Å². The summed E-state index contributed by atoms with van der Waals surface area (Å²) in [5.41, 5.74) is 3.73. The molecule has 0 saturated heterocycles. The Kier molecular flexibility index (Phi) is 3.75. The lowest BCUT2D eigenvalue weighted by Gasteiger charge is -2.08. The van der Waals surface area contributed by atoms with Gasteiger partial charge in [0.05, 0.1) is 16.7 Å². The Morgan fingerprint density at radius 2 is 1.78 bits per heavy atom. The van der Waals surface area contributed by atoms with Gasteiger partial charge in [-0.05, 0) is 30.7 Å². The Bertz CT molecular complexity index is 901. The van der Waals surface area contributed by atoms with E-state index < -0.39 is 0 Å². The summed E-state index contributed by atoms with van der Waals surface area (Å²) in [5, 5.41) is 1.59. The van der Waals surface area contributed by atoms with Gasteiger partial charge in [0.25, 0.3) is 0 Å². The first-order valence-corrected chi connectivity index (χ1v) is 8.51. The van der Waals surface area contributed by atoms with Gasteiger partial charge in [0, 0.05) is 16.8 Å². The van der Waals surface area contributed by atoms with Gasteiger partial charge in [0.2, 0.25) is 6.79 Å². The summed E-state index contributed by atoms with van der Waals surface area (Å²) in [4.78, 5) is 9.30. The lowest BCUT2D eigenvalue weighted by molar-refractivity contribution is 0.174. The Morgan fingerprint density at radius 3 is 2.57 bits per heavy atom. The van der Waals surface area contributed by atoms with Gasteiger partial charge in [-0.2, -0.15) is 0 Å². The molecular weight excluding hydrogens is 332 g/mol. The minimum Gasteiger partial charge on any atom is -0.454 e. The van der Waals surface area contributed by atoms with Gasteiger partial charge in [0.15, 0.2) is 11.5 Å². The Balaban J connectivity index is 1.61. The molecule has 23 heavy (non-hydrogen) atoms. The molecule has 0 bridgehead atoms. The molecule has 3 aromatic rings. The molecular formula is C17H13ClN2O2S. The summed E-state index contributed by atoms with van der Waals surface area (Å²) in [7, 11) is 0.